The van der Waals surface area contributed by atoms with Gasteiger partial charge in [0.1, 0.15) is 0 Å². The fraction of sp³-hybridized carbons (Fsp3) is 0.429. The number of amides is 2. The van der Waals surface area contributed by atoms with Gasteiger partial charge in [0.25, 0.3) is 0 Å². The number of rotatable bonds is 2. The Labute approximate surface area is 65.7 Å². The predicted molar refractivity (Wildman–Crippen MR) is 41.6 cm³/mol. The minimum atomic E-state index is -0.196. The van der Waals surface area contributed by atoms with Crippen molar-refractivity contribution in [3.63, 3.8) is 0 Å². The average Bonchev–Trinajstić information content (AvgIpc) is 1.98. The molecular weight excluding hydrogens is 144 g/mol. The Balaban J connectivity index is 4.00. The van der Waals surface area contributed by atoms with Gasteiger partial charge in [0.15, 0.2) is 0 Å². The van der Waals surface area contributed by atoms with Crippen molar-refractivity contribution < 1.29 is 9.59 Å². The number of hydrogen-bond donors (Lipinski definition) is 2. The molecule has 11 heavy (non-hydrogen) atoms. The highest BCUT2D eigenvalue weighted by Crippen LogP contribution is 1.87. The van der Waals surface area contributed by atoms with Gasteiger partial charge in [-0.05, 0) is 6.92 Å². The molecule has 0 heterocycles. The van der Waals surface area contributed by atoms with Crippen molar-refractivity contribution >= 4 is 11.8 Å². The molecule has 62 valence electrons. The second kappa shape index (κ2) is 4.49. The van der Waals surface area contributed by atoms with E-state index < -0.39 is 0 Å². The van der Waals surface area contributed by atoms with E-state index in [0.29, 0.717) is 5.57 Å². The molecule has 0 aromatic heterocycles. The van der Waals surface area contributed by atoms with Gasteiger partial charge < -0.3 is 10.6 Å². The first kappa shape index (κ1) is 9.68. The van der Waals surface area contributed by atoms with Crippen molar-refractivity contribution in [3.05, 3.63) is 11.8 Å². The molecule has 0 unspecified atom stereocenters. The number of carbonyl (C=O) groups is 2. The van der Waals surface area contributed by atoms with E-state index in [9.17, 15) is 9.59 Å². The number of hydrogen-bond acceptors (Lipinski definition) is 2. The van der Waals surface area contributed by atoms with E-state index in [1.807, 2.05) is 0 Å². The summed E-state index contributed by atoms with van der Waals surface area (Å²) in [7, 11) is 1.54. The molecule has 0 saturated carbocycles. The maximum absolute atomic E-state index is 10.8. The first-order valence-electron chi connectivity index (χ1n) is 3.24. The molecule has 2 N–H and O–H groups in total. The lowest BCUT2D eigenvalue weighted by Gasteiger charge is -1.98. The Morgan fingerprint density at radius 3 is 2.18 bits per heavy atom. The lowest BCUT2D eigenvalue weighted by atomic mass is 10.3. The molecule has 0 bridgehead atoms. The highest BCUT2D eigenvalue weighted by atomic mass is 16.2. The van der Waals surface area contributed by atoms with Crippen LogP contribution in [0.25, 0.3) is 0 Å². The van der Waals surface area contributed by atoms with Crippen LogP contribution >= 0.6 is 0 Å². The van der Waals surface area contributed by atoms with Gasteiger partial charge >= 0.3 is 0 Å². The monoisotopic (exact) mass is 156 g/mol. The largest absolute Gasteiger partial charge is 0.355 e. The van der Waals surface area contributed by atoms with Crippen LogP contribution in [0.1, 0.15) is 13.8 Å². The van der Waals surface area contributed by atoms with Gasteiger partial charge in [-0.2, -0.15) is 0 Å². The van der Waals surface area contributed by atoms with Crippen LogP contribution in [0.5, 0.6) is 0 Å². The minimum absolute atomic E-state index is 0.187. The molecule has 0 aliphatic rings. The summed E-state index contributed by atoms with van der Waals surface area (Å²) in [5, 5.41) is 4.83. The third-order valence-electron chi connectivity index (χ3n) is 1.08. The van der Waals surface area contributed by atoms with Gasteiger partial charge in [0.2, 0.25) is 11.8 Å². The second-order valence-corrected chi connectivity index (χ2v) is 2.11. The van der Waals surface area contributed by atoms with E-state index in [1.54, 1.807) is 6.92 Å². The minimum Gasteiger partial charge on any atom is -0.355 e. The van der Waals surface area contributed by atoms with E-state index in [4.69, 9.17) is 0 Å². The van der Waals surface area contributed by atoms with Crippen LogP contribution in [0.2, 0.25) is 0 Å². The van der Waals surface area contributed by atoms with Crippen molar-refractivity contribution in [1.82, 2.24) is 10.6 Å². The third-order valence-corrected chi connectivity index (χ3v) is 1.08. The van der Waals surface area contributed by atoms with Gasteiger partial charge in [-0.15, -0.1) is 0 Å². The summed E-state index contributed by atoms with van der Waals surface area (Å²) in [6.07, 6.45) is 1.38. The summed E-state index contributed by atoms with van der Waals surface area (Å²) in [6.45, 7) is 3.00. The maximum atomic E-state index is 10.8. The van der Waals surface area contributed by atoms with Crippen LogP contribution in [-0.4, -0.2) is 18.9 Å². The third kappa shape index (κ3) is 4.13. The normalized spacial score (nSPS) is 10.6. The predicted octanol–water partition coefficient (Wildman–Crippen LogP) is -0.228. The van der Waals surface area contributed by atoms with Crippen molar-refractivity contribution in [3.8, 4) is 0 Å². The Bertz CT molecular complexity index is 197. The average molecular weight is 156 g/mol. The quantitative estimate of drug-likeness (QED) is 0.543. The molecule has 0 saturated heterocycles. The lowest BCUT2D eigenvalue weighted by molar-refractivity contribution is -0.118. The summed E-state index contributed by atoms with van der Waals surface area (Å²) >= 11 is 0. The molecule has 0 fully saturated rings. The standard InChI is InChI=1S/C7H12N2O2/c1-5(7(11)8-3)4-9-6(2)10/h4H,1-3H3,(H,8,11)(H,9,10)/b5-4-. The van der Waals surface area contributed by atoms with E-state index in [1.165, 1.54) is 20.2 Å². The van der Waals surface area contributed by atoms with Crippen LogP contribution < -0.4 is 10.6 Å². The van der Waals surface area contributed by atoms with Gasteiger partial charge in [-0.25, -0.2) is 0 Å². The molecule has 0 rings (SSSR count). The lowest BCUT2D eigenvalue weighted by Crippen LogP contribution is -2.21. The van der Waals surface area contributed by atoms with Crippen molar-refractivity contribution in [2.45, 2.75) is 13.8 Å². The van der Waals surface area contributed by atoms with Gasteiger partial charge in [-0.1, -0.05) is 0 Å². The molecule has 0 atom stereocenters. The molecule has 0 radical (unpaired) electrons. The zero-order valence-corrected chi connectivity index (χ0v) is 6.89. The highest BCUT2D eigenvalue weighted by molar-refractivity contribution is 5.93. The number of nitrogens with one attached hydrogen (secondary N) is 2. The zero-order chi connectivity index (χ0) is 8.85. The molecule has 4 nitrogen and oxygen atoms in total. The molecular formula is C7H12N2O2. The van der Waals surface area contributed by atoms with E-state index in [2.05, 4.69) is 10.6 Å². The van der Waals surface area contributed by atoms with E-state index in [0.717, 1.165) is 0 Å². The molecule has 0 aromatic carbocycles. The molecule has 0 spiro atoms. The van der Waals surface area contributed by atoms with Crippen LogP contribution in [0.3, 0.4) is 0 Å². The number of likely N-dealkylation sites (N-methyl/N-ethyl adjacent to an activating group) is 1. The Morgan fingerprint density at radius 1 is 1.27 bits per heavy atom. The van der Waals surface area contributed by atoms with Crippen molar-refractivity contribution in [2.75, 3.05) is 7.05 Å². The highest BCUT2D eigenvalue weighted by Gasteiger charge is 1.98. The first-order chi connectivity index (χ1) is 5.07. The second-order valence-electron chi connectivity index (χ2n) is 2.11. The zero-order valence-electron chi connectivity index (χ0n) is 6.89. The first-order valence-corrected chi connectivity index (χ1v) is 3.24. The van der Waals surface area contributed by atoms with Gasteiger partial charge in [0, 0.05) is 25.7 Å². The summed E-state index contributed by atoms with van der Waals surface area (Å²) in [5.74, 6) is -0.382. The summed E-state index contributed by atoms with van der Waals surface area (Å²) in [6, 6.07) is 0. The van der Waals surface area contributed by atoms with Crippen LogP contribution in [0, 0.1) is 0 Å². The van der Waals surface area contributed by atoms with Crippen LogP contribution in [-0.2, 0) is 9.59 Å². The molecule has 0 aliphatic heterocycles. The van der Waals surface area contributed by atoms with E-state index >= 15 is 0 Å². The topological polar surface area (TPSA) is 58.2 Å². The Morgan fingerprint density at radius 2 is 1.82 bits per heavy atom. The van der Waals surface area contributed by atoms with E-state index in [-0.39, 0.29) is 11.8 Å². The summed E-state index contributed by atoms with van der Waals surface area (Å²) < 4.78 is 0. The molecule has 0 aliphatic carbocycles. The summed E-state index contributed by atoms with van der Waals surface area (Å²) in [4.78, 5) is 21.2. The van der Waals surface area contributed by atoms with Gasteiger partial charge in [0.05, 0.1) is 0 Å². The van der Waals surface area contributed by atoms with Gasteiger partial charge in [-0.3, -0.25) is 9.59 Å². The van der Waals surface area contributed by atoms with Crippen molar-refractivity contribution in [2.24, 2.45) is 0 Å². The smallest absolute Gasteiger partial charge is 0.248 e. The number of carbonyl (C=O) groups excluding carboxylic acids is 2. The fourth-order valence-corrected chi connectivity index (χ4v) is 0.473. The SMILES string of the molecule is CNC(=O)/C(C)=C\NC(C)=O. The molecule has 2 amide bonds. The Kier molecular flexibility index (Phi) is 3.95. The van der Waals surface area contributed by atoms with Crippen LogP contribution in [0.15, 0.2) is 11.8 Å². The summed E-state index contributed by atoms with van der Waals surface area (Å²) in [5.41, 5.74) is 0.475. The van der Waals surface area contributed by atoms with Crippen LogP contribution in [0.4, 0.5) is 0 Å². The molecule has 4 heteroatoms. The molecule has 0 aromatic rings. The Hall–Kier alpha value is -1.32. The van der Waals surface area contributed by atoms with Crippen molar-refractivity contribution in [1.29, 1.82) is 0 Å². The fourth-order valence-electron chi connectivity index (χ4n) is 0.473. The maximum Gasteiger partial charge on any atom is 0.248 e.